The molecule has 1 aromatic carbocycles. The van der Waals surface area contributed by atoms with Gasteiger partial charge in [0.05, 0.1) is 19.8 Å². The number of amides is 2. The number of nitrogens with zero attached hydrogens (tertiary/aromatic N) is 3. The summed E-state index contributed by atoms with van der Waals surface area (Å²) in [4.78, 5) is 26.9. The third-order valence-corrected chi connectivity index (χ3v) is 6.68. The van der Waals surface area contributed by atoms with Crippen LogP contribution < -0.4 is 11.1 Å². The Balaban J connectivity index is 1.75. The van der Waals surface area contributed by atoms with Crippen LogP contribution in [-0.2, 0) is 24.6 Å². The molecule has 2 heterocycles. The largest absolute Gasteiger partial charge is 0.436 e. The first-order chi connectivity index (χ1) is 16.8. The lowest BCUT2D eigenvalue weighted by molar-refractivity contribution is -0.130. The molecule has 1 aliphatic heterocycles. The van der Waals surface area contributed by atoms with E-state index in [0.29, 0.717) is 26.3 Å². The molecule has 4 rings (SSSR count). The quantitative estimate of drug-likeness (QED) is 0.558. The third-order valence-electron chi connectivity index (χ3n) is 5.56. The Morgan fingerprint density at radius 3 is 2.66 bits per heavy atom. The maximum absolute atomic E-state index is 14.4. The van der Waals surface area contributed by atoms with Crippen molar-refractivity contribution < 1.29 is 32.2 Å². The molecule has 0 spiro atoms. The van der Waals surface area contributed by atoms with Crippen LogP contribution in [-0.4, -0.2) is 66.4 Å². The number of hydrogen-bond acceptors (Lipinski definition) is 8. The van der Waals surface area contributed by atoms with Gasteiger partial charge >= 0.3 is 6.61 Å². The Labute approximate surface area is 202 Å². The number of morpholine rings is 1. The first kappa shape index (κ1) is 24.8. The fourth-order valence-electron chi connectivity index (χ4n) is 3.87. The zero-order chi connectivity index (χ0) is 25.0. The minimum absolute atomic E-state index is 0.0323. The van der Waals surface area contributed by atoms with Crippen molar-refractivity contribution in [3.63, 3.8) is 0 Å². The van der Waals surface area contributed by atoms with E-state index in [4.69, 9.17) is 15.2 Å². The number of benzene rings is 1. The summed E-state index contributed by atoms with van der Waals surface area (Å²) in [5.74, 6) is -2.22. The highest BCUT2D eigenvalue weighted by atomic mass is 32.1. The molecule has 1 saturated heterocycles. The van der Waals surface area contributed by atoms with Gasteiger partial charge in [0.2, 0.25) is 11.8 Å². The van der Waals surface area contributed by atoms with Crippen molar-refractivity contribution in [2.24, 2.45) is 5.73 Å². The fraction of sp³-hybridized carbons (Fsp3) is 0.364. The Morgan fingerprint density at radius 2 is 1.97 bits per heavy atom. The number of allylic oxidation sites excluding steroid dienone is 2. The Morgan fingerprint density at radius 1 is 1.23 bits per heavy atom. The number of ether oxygens (including phenoxy) is 2. The summed E-state index contributed by atoms with van der Waals surface area (Å²) in [6, 6.07) is 5.86. The lowest BCUT2D eigenvalue weighted by Gasteiger charge is -2.37. The Kier molecular flexibility index (Phi) is 7.48. The van der Waals surface area contributed by atoms with Gasteiger partial charge in [0.25, 0.3) is 0 Å². The van der Waals surface area contributed by atoms with E-state index in [-0.39, 0.29) is 39.9 Å². The van der Waals surface area contributed by atoms with E-state index in [2.05, 4.69) is 15.5 Å². The van der Waals surface area contributed by atoms with Gasteiger partial charge in [-0.2, -0.15) is 8.78 Å². The summed E-state index contributed by atoms with van der Waals surface area (Å²) in [7, 11) is 0. The number of aromatic nitrogens is 2. The molecule has 0 bridgehead atoms. The van der Waals surface area contributed by atoms with Gasteiger partial charge in [-0.15, -0.1) is 10.2 Å². The number of carbonyl (C=O) groups is 2. The molecule has 2 amide bonds. The van der Waals surface area contributed by atoms with Crippen LogP contribution in [0.3, 0.4) is 0 Å². The van der Waals surface area contributed by atoms with Gasteiger partial charge in [-0.3, -0.25) is 14.5 Å². The van der Waals surface area contributed by atoms with Crippen LogP contribution in [0.2, 0.25) is 0 Å². The van der Waals surface area contributed by atoms with Crippen molar-refractivity contribution in [2.75, 3.05) is 32.8 Å². The van der Waals surface area contributed by atoms with Crippen LogP contribution in [0.15, 0.2) is 47.7 Å². The van der Waals surface area contributed by atoms with Crippen molar-refractivity contribution in [3.05, 3.63) is 58.6 Å². The van der Waals surface area contributed by atoms with Crippen molar-refractivity contribution in [3.8, 4) is 10.6 Å². The maximum atomic E-state index is 14.4. The number of halogens is 3. The molecule has 0 saturated carbocycles. The molecule has 9 nitrogen and oxygen atoms in total. The second-order valence-electron chi connectivity index (χ2n) is 7.88. The molecule has 1 unspecified atom stereocenters. The number of alkyl halides is 2. The first-order valence-corrected chi connectivity index (χ1v) is 11.5. The number of rotatable bonds is 8. The highest BCUT2D eigenvalue weighted by Gasteiger charge is 2.47. The van der Waals surface area contributed by atoms with Gasteiger partial charge in [0, 0.05) is 30.6 Å². The zero-order valence-electron chi connectivity index (χ0n) is 18.4. The van der Waals surface area contributed by atoms with Crippen molar-refractivity contribution in [2.45, 2.75) is 18.6 Å². The average molecular weight is 510 g/mol. The summed E-state index contributed by atoms with van der Waals surface area (Å²) in [6.45, 7) is -1.34. The minimum atomic E-state index is -3.22. The summed E-state index contributed by atoms with van der Waals surface area (Å²) >= 11 is 0.883. The second kappa shape index (κ2) is 10.5. The number of nitrogens with two attached hydrogens (primary N) is 1. The smallest absolute Gasteiger partial charge is 0.387 e. The van der Waals surface area contributed by atoms with E-state index in [1.165, 1.54) is 24.3 Å². The van der Waals surface area contributed by atoms with Gasteiger partial charge < -0.3 is 20.5 Å². The lowest BCUT2D eigenvalue weighted by Crippen LogP contribution is -2.53. The summed E-state index contributed by atoms with van der Waals surface area (Å²) in [5, 5.41) is 11.0. The van der Waals surface area contributed by atoms with Crippen molar-refractivity contribution in [1.82, 2.24) is 20.4 Å². The van der Waals surface area contributed by atoms with Gasteiger partial charge in [0.15, 0.2) is 15.6 Å². The summed E-state index contributed by atoms with van der Waals surface area (Å²) < 4.78 is 51.2. The average Bonchev–Trinajstić information content (AvgIpc) is 3.31. The molecule has 0 radical (unpaired) electrons. The maximum Gasteiger partial charge on any atom is 0.387 e. The van der Waals surface area contributed by atoms with Gasteiger partial charge in [0.1, 0.15) is 11.6 Å². The molecular formula is C22H22F3N5O4S. The molecule has 1 fully saturated rings. The molecule has 1 atom stereocenters. The molecule has 1 aliphatic carbocycles. The number of nitrogens with one attached hydrogen (secondary N) is 1. The van der Waals surface area contributed by atoms with Gasteiger partial charge in [-0.05, 0) is 18.2 Å². The van der Waals surface area contributed by atoms with E-state index in [1.807, 2.05) is 4.90 Å². The van der Waals surface area contributed by atoms with E-state index in [1.54, 1.807) is 6.07 Å². The number of carbonyl (C=O) groups excluding carboxylic acids is 2. The van der Waals surface area contributed by atoms with Crippen LogP contribution in [0, 0.1) is 5.82 Å². The molecule has 2 aromatic rings. The molecule has 2 aliphatic rings. The Bertz CT molecular complexity index is 1170. The predicted octanol–water partition coefficient (Wildman–Crippen LogP) is 1.93. The van der Waals surface area contributed by atoms with E-state index in [9.17, 15) is 22.8 Å². The minimum Gasteiger partial charge on any atom is -0.436 e. The van der Waals surface area contributed by atoms with E-state index in [0.717, 1.165) is 17.4 Å². The second-order valence-corrected chi connectivity index (χ2v) is 8.85. The first-order valence-electron chi connectivity index (χ1n) is 10.6. The third kappa shape index (κ3) is 5.52. The van der Waals surface area contributed by atoms with Crippen LogP contribution in [0.1, 0.15) is 11.4 Å². The van der Waals surface area contributed by atoms with E-state index >= 15 is 0 Å². The lowest BCUT2D eigenvalue weighted by atomic mass is 9.84. The van der Waals surface area contributed by atoms with E-state index < -0.39 is 29.8 Å². The zero-order valence-corrected chi connectivity index (χ0v) is 19.2. The van der Waals surface area contributed by atoms with Crippen molar-refractivity contribution in [1.29, 1.82) is 0 Å². The molecular weight excluding hydrogens is 487 g/mol. The molecule has 35 heavy (non-hydrogen) atoms. The Hall–Kier alpha value is -3.29. The number of hydrogen-bond donors (Lipinski definition) is 2. The topological polar surface area (TPSA) is 120 Å². The van der Waals surface area contributed by atoms with Gasteiger partial charge in [-0.25, -0.2) is 4.39 Å². The monoisotopic (exact) mass is 509 g/mol. The van der Waals surface area contributed by atoms with Crippen LogP contribution in [0.25, 0.3) is 10.6 Å². The summed E-state index contributed by atoms with van der Waals surface area (Å²) in [6.07, 6.45) is 2.10. The molecule has 13 heteroatoms. The standard InChI is InChI=1S/C22H22F3N5O4S/c23-15-4-2-1-3-14(15)19-28-29-20(35-19)22(27-17(31)12-30-7-9-33-10-8-30)11-13(18(26)32)5-6-16(22)34-21(24)25/h1-6,21H,7-12H2,(H2,26,32)(H,27,31). The normalized spacial score (nSPS) is 20.8. The molecule has 186 valence electrons. The molecule has 3 N–H and O–H groups in total. The van der Waals surface area contributed by atoms with Crippen LogP contribution >= 0.6 is 11.3 Å². The van der Waals surface area contributed by atoms with Crippen molar-refractivity contribution >= 4 is 23.2 Å². The predicted molar refractivity (Wildman–Crippen MR) is 119 cm³/mol. The van der Waals surface area contributed by atoms with Crippen LogP contribution in [0.4, 0.5) is 13.2 Å². The SMILES string of the molecule is NC(=O)C1=CC=C(OC(F)F)C(NC(=O)CN2CCOCC2)(c2nnc(-c3ccccc3F)s2)C1. The fourth-order valence-corrected chi connectivity index (χ4v) is 4.89. The van der Waals surface area contributed by atoms with Crippen LogP contribution in [0.5, 0.6) is 0 Å². The van der Waals surface area contributed by atoms with Gasteiger partial charge in [-0.1, -0.05) is 29.5 Å². The molecule has 1 aromatic heterocycles. The summed E-state index contributed by atoms with van der Waals surface area (Å²) in [5.41, 5.74) is 3.86. The highest BCUT2D eigenvalue weighted by Crippen LogP contribution is 2.43. The number of primary amides is 1. The highest BCUT2D eigenvalue weighted by molar-refractivity contribution is 7.14.